The van der Waals surface area contributed by atoms with Crippen LogP contribution in [0.15, 0.2) is 60.7 Å². The van der Waals surface area contributed by atoms with Gasteiger partial charge in [-0.1, -0.05) is 74.5 Å². The van der Waals surface area contributed by atoms with Gasteiger partial charge >= 0.3 is 0 Å². The first-order chi connectivity index (χ1) is 14.8. The van der Waals surface area contributed by atoms with Crippen LogP contribution in [-0.2, 0) is 14.9 Å². The molecule has 1 aliphatic heterocycles. The van der Waals surface area contributed by atoms with Crippen molar-refractivity contribution in [1.82, 2.24) is 4.90 Å². The number of benzene rings is 2. The molecule has 2 aromatic rings. The largest absolute Gasteiger partial charge is 0.369 e. The molecule has 31 heavy (non-hydrogen) atoms. The van der Waals surface area contributed by atoms with Gasteiger partial charge in [0.15, 0.2) is 0 Å². The van der Waals surface area contributed by atoms with Gasteiger partial charge in [-0.25, -0.2) is 0 Å². The Labute approximate surface area is 186 Å². The van der Waals surface area contributed by atoms with Gasteiger partial charge in [0.25, 0.3) is 0 Å². The molecule has 0 aromatic heterocycles. The molecule has 1 amide bonds. The zero-order valence-electron chi connectivity index (χ0n) is 19.2. The van der Waals surface area contributed by atoms with E-state index in [1.54, 1.807) is 0 Å². The molecule has 1 aliphatic rings. The van der Waals surface area contributed by atoms with Crippen LogP contribution in [-0.4, -0.2) is 35.6 Å². The molecule has 0 atom stereocenters. The highest BCUT2D eigenvalue weighted by Gasteiger charge is 2.38. The van der Waals surface area contributed by atoms with Crippen LogP contribution in [0.25, 0.3) is 0 Å². The van der Waals surface area contributed by atoms with Crippen LogP contribution in [0.4, 0.5) is 0 Å². The minimum Gasteiger partial charge on any atom is -0.369 e. The zero-order chi connectivity index (χ0) is 22.5. The molecule has 0 saturated carbocycles. The number of hydrogen-bond acceptors (Lipinski definition) is 3. The highest BCUT2D eigenvalue weighted by Crippen LogP contribution is 2.37. The molecule has 4 nitrogen and oxygen atoms in total. The Morgan fingerprint density at radius 2 is 1.58 bits per heavy atom. The third-order valence-electron chi connectivity index (χ3n) is 6.02. The molecular formula is C27H34N2O2. The molecule has 0 bridgehead atoms. The van der Waals surface area contributed by atoms with Gasteiger partial charge in [-0.2, -0.15) is 5.26 Å². The second-order valence-electron chi connectivity index (χ2n) is 9.65. The second kappa shape index (κ2) is 9.66. The normalized spacial score (nSPS) is 14.9. The molecule has 1 heterocycles. The number of likely N-dealkylation sites (tertiary alicyclic amines) is 1. The van der Waals surface area contributed by atoms with Gasteiger partial charge in [0.2, 0.25) is 5.91 Å². The van der Waals surface area contributed by atoms with Gasteiger partial charge in [0.1, 0.15) is 5.41 Å². The minimum absolute atomic E-state index is 0.0907. The SMILES string of the molecule is CC(C)CC(C)(C)OC1CN(C(=O)CCC(C#N)(c2ccccc2)c2ccccc2)C1. The molecule has 4 heteroatoms. The molecule has 164 valence electrons. The van der Waals surface area contributed by atoms with Crippen molar-refractivity contribution >= 4 is 5.91 Å². The van der Waals surface area contributed by atoms with Gasteiger partial charge in [0, 0.05) is 19.5 Å². The minimum atomic E-state index is -0.835. The van der Waals surface area contributed by atoms with E-state index in [9.17, 15) is 10.1 Å². The summed E-state index contributed by atoms with van der Waals surface area (Å²) in [6.07, 6.45) is 1.88. The molecule has 0 unspecified atom stereocenters. The van der Waals surface area contributed by atoms with Crippen molar-refractivity contribution < 1.29 is 9.53 Å². The molecule has 3 rings (SSSR count). The fourth-order valence-corrected chi connectivity index (χ4v) is 4.74. The van der Waals surface area contributed by atoms with Crippen LogP contribution in [0, 0.1) is 17.2 Å². The third kappa shape index (κ3) is 5.54. The van der Waals surface area contributed by atoms with Crippen molar-refractivity contribution in [2.45, 2.75) is 64.1 Å². The van der Waals surface area contributed by atoms with E-state index in [0.717, 1.165) is 17.5 Å². The number of nitriles is 1. The standard InChI is InChI=1S/C27H34N2O2/c1-21(2)17-26(3,4)31-24-18-29(19-24)25(30)15-16-27(20-28,22-11-7-5-8-12-22)23-13-9-6-10-14-23/h5-14,21,24H,15-19H2,1-4H3. The highest BCUT2D eigenvalue weighted by molar-refractivity contribution is 5.77. The van der Waals surface area contributed by atoms with E-state index in [2.05, 4.69) is 33.8 Å². The number of rotatable bonds is 9. The van der Waals surface area contributed by atoms with Crippen molar-refractivity contribution in [3.8, 4) is 6.07 Å². The van der Waals surface area contributed by atoms with Gasteiger partial charge in [-0.3, -0.25) is 4.79 Å². The monoisotopic (exact) mass is 418 g/mol. The number of carbonyl (C=O) groups is 1. The Balaban J connectivity index is 1.64. The second-order valence-corrected chi connectivity index (χ2v) is 9.65. The van der Waals surface area contributed by atoms with Gasteiger partial charge in [-0.15, -0.1) is 0 Å². The first kappa shape index (κ1) is 23.0. The summed E-state index contributed by atoms with van der Waals surface area (Å²) in [4.78, 5) is 14.8. The third-order valence-corrected chi connectivity index (χ3v) is 6.02. The Morgan fingerprint density at radius 3 is 2.03 bits per heavy atom. The molecule has 0 N–H and O–H groups in total. The maximum atomic E-state index is 12.9. The lowest BCUT2D eigenvalue weighted by Crippen LogP contribution is -2.57. The number of nitrogens with zero attached hydrogens (tertiary/aromatic N) is 2. The summed E-state index contributed by atoms with van der Waals surface area (Å²) in [6.45, 7) is 9.91. The first-order valence-electron chi connectivity index (χ1n) is 11.2. The smallest absolute Gasteiger partial charge is 0.222 e. The van der Waals surface area contributed by atoms with E-state index in [4.69, 9.17) is 4.74 Å². The van der Waals surface area contributed by atoms with Crippen molar-refractivity contribution in [2.24, 2.45) is 5.92 Å². The van der Waals surface area contributed by atoms with Crippen molar-refractivity contribution in [3.63, 3.8) is 0 Å². The molecule has 2 aromatic carbocycles. The van der Waals surface area contributed by atoms with Crippen LogP contribution in [0.3, 0.4) is 0 Å². The van der Waals surface area contributed by atoms with Crippen molar-refractivity contribution in [3.05, 3.63) is 71.8 Å². The Bertz CT molecular complexity index is 854. The van der Waals surface area contributed by atoms with Crippen molar-refractivity contribution in [2.75, 3.05) is 13.1 Å². The molecule has 0 radical (unpaired) electrons. The predicted octanol–water partition coefficient (Wildman–Crippen LogP) is 5.33. The van der Waals surface area contributed by atoms with Crippen LogP contribution >= 0.6 is 0 Å². The summed E-state index contributed by atoms with van der Waals surface area (Å²) in [6, 6.07) is 22.1. The zero-order valence-corrected chi connectivity index (χ0v) is 19.2. The van der Waals surface area contributed by atoms with Gasteiger partial charge in [-0.05, 0) is 43.7 Å². The highest BCUT2D eigenvalue weighted by atomic mass is 16.5. The van der Waals surface area contributed by atoms with Crippen LogP contribution < -0.4 is 0 Å². The maximum Gasteiger partial charge on any atom is 0.222 e. The van der Waals surface area contributed by atoms with E-state index in [1.807, 2.05) is 65.6 Å². The summed E-state index contributed by atoms with van der Waals surface area (Å²) >= 11 is 0. The summed E-state index contributed by atoms with van der Waals surface area (Å²) in [5, 5.41) is 10.3. The lowest BCUT2D eigenvalue weighted by atomic mass is 9.72. The summed E-state index contributed by atoms with van der Waals surface area (Å²) in [7, 11) is 0. The first-order valence-corrected chi connectivity index (χ1v) is 11.2. The number of amides is 1. The summed E-state index contributed by atoms with van der Waals surface area (Å²) in [5.41, 5.74) is 0.844. The molecular weight excluding hydrogens is 384 g/mol. The molecule has 0 aliphatic carbocycles. The van der Waals surface area contributed by atoms with E-state index in [0.29, 0.717) is 31.8 Å². The molecule has 0 spiro atoms. The van der Waals surface area contributed by atoms with Crippen molar-refractivity contribution in [1.29, 1.82) is 5.26 Å². The maximum absolute atomic E-state index is 12.9. The lowest BCUT2D eigenvalue weighted by Gasteiger charge is -2.43. The number of hydrogen-bond donors (Lipinski definition) is 0. The van der Waals surface area contributed by atoms with E-state index in [-0.39, 0.29) is 17.6 Å². The Kier molecular flexibility index (Phi) is 7.18. The molecule has 1 fully saturated rings. The predicted molar refractivity (Wildman–Crippen MR) is 123 cm³/mol. The average molecular weight is 419 g/mol. The van der Waals surface area contributed by atoms with E-state index < -0.39 is 5.41 Å². The van der Waals surface area contributed by atoms with E-state index in [1.165, 1.54) is 0 Å². The fourth-order valence-electron chi connectivity index (χ4n) is 4.74. The Hall–Kier alpha value is -2.64. The van der Waals surface area contributed by atoms with Crippen LogP contribution in [0.1, 0.15) is 58.1 Å². The van der Waals surface area contributed by atoms with E-state index >= 15 is 0 Å². The van der Waals surface area contributed by atoms with Crippen LogP contribution in [0.5, 0.6) is 0 Å². The number of carbonyl (C=O) groups excluding carboxylic acids is 1. The topological polar surface area (TPSA) is 53.3 Å². The number of ether oxygens (including phenoxy) is 1. The quantitative estimate of drug-likeness (QED) is 0.553. The Morgan fingerprint density at radius 1 is 1.06 bits per heavy atom. The average Bonchev–Trinajstić information content (AvgIpc) is 2.72. The van der Waals surface area contributed by atoms with Crippen LogP contribution in [0.2, 0.25) is 0 Å². The fraction of sp³-hybridized carbons (Fsp3) is 0.481. The summed E-state index contributed by atoms with van der Waals surface area (Å²) in [5.74, 6) is 0.663. The van der Waals surface area contributed by atoms with Gasteiger partial charge in [0.05, 0.1) is 17.8 Å². The molecule has 1 saturated heterocycles. The van der Waals surface area contributed by atoms with Gasteiger partial charge < -0.3 is 9.64 Å². The lowest BCUT2D eigenvalue weighted by molar-refractivity contribution is -0.162. The summed E-state index contributed by atoms with van der Waals surface area (Å²) < 4.78 is 6.22.